The number of benzene rings is 2. The predicted molar refractivity (Wildman–Crippen MR) is 116 cm³/mol. The van der Waals surface area contributed by atoms with E-state index in [-0.39, 0.29) is 18.0 Å². The summed E-state index contributed by atoms with van der Waals surface area (Å²) < 4.78 is 3.16. The van der Waals surface area contributed by atoms with Crippen LogP contribution in [0.1, 0.15) is 30.8 Å². The van der Waals surface area contributed by atoms with E-state index in [1.54, 1.807) is 0 Å². The van der Waals surface area contributed by atoms with Crippen LogP contribution in [0, 0.1) is 6.92 Å². The Morgan fingerprint density at radius 3 is 2.62 bits per heavy atom. The van der Waals surface area contributed by atoms with E-state index in [0.29, 0.717) is 11.9 Å². The fourth-order valence-corrected chi connectivity index (χ4v) is 3.67. The number of amides is 1. The first-order valence-electron chi connectivity index (χ1n) is 9.90. The van der Waals surface area contributed by atoms with Crippen molar-refractivity contribution < 1.29 is 4.79 Å². The Morgan fingerprint density at radius 1 is 1.03 bits per heavy atom. The summed E-state index contributed by atoms with van der Waals surface area (Å²) >= 11 is 0. The molecule has 2 heterocycles. The number of aryl methyl sites for hydroxylation is 3. The second-order valence-corrected chi connectivity index (χ2v) is 7.26. The molecule has 1 N–H and O–H groups in total. The van der Waals surface area contributed by atoms with E-state index in [1.165, 1.54) is 4.68 Å². The van der Waals surface area contributed by atoms with Crippen molar-refractivity contribution in [2.75, 3.05) is 5.32 Å². The molecule has 148 valence electrons. The highest BCUT2D eigenvalue weighted by Gasteiger charge is 2.15. The van der Waals surface area contributed by atoms with E-state index in [9.17, 15) is 9.59 Å². The first-order chi connectivity index (χ1) is 14.0. The summed E-state index contributed by atoms with van der Waals surface area (Å²) in [4.78, 5) is 25.6. The minimum absolute atomic E-state index is 0.126. The molecule has 29 heavy (non-hydrogen) atoms. The first-order valence-corrected chi connectivity index (χ1v) is 9.90. The van der Waals surface area contributed by atoms with Crippen molar-refractivity contribution in [1.82, 2.24) is 14.2 Å². The van der Waals surface area contributed by atoms with Gasteiger partial charge in [0.2, 0.25) is 5.91 Å². The van der Waals surface area contributed by atoms with Crippen LogP contribution in [0.25, 0.3) is 16.4 Å². The van der Waals surface area contributed by atoms with Crippen molar-refractivity contribution in [3.05, 3.63) is 75.8 Å². The number of nitrogens with zero attached hydrogens (tertiary/aromatic N) is 3. The highest BCUT2D eigenvalue weighted by Crippen LogP contribution is 2.21. The van der Waals surface area contributed by atoms with E-state index in [0.717, 1.165) is 40.0 Å². The average molecular weight is 388 g/mol. The molecule has 0 saturated heterocycles. The molecule has 0 radical (unpaired) electrons. The molecular weight excluding hydrogens is 364 g/mol. The van der Waals surface area contributed by atoms with Crippen LogP contribution < -0.4 is 10.9 Å². The standard InChI is InChI=1S/C23H24N4O2/c1-4-16-7-6-8-18(12-16)24-22(28)14-26-23(29)20-13-17-11-15(3)9-10-19(17)27(20)21(5-2)25-26/h6-13H,4-5,14H2,1-3H3,(H,24,28). The third kappa shape index (κ3) is 3.53. The Kier molecular flexibility index (Phi) is 4.92. The third-order valence-electron chi connectivity index (χ3n) is 5.13. The SMILES string of the molecule is CCc1cccc(NC(=O)Cn2nc(CC)n3c(cc4cc(C)ccc43)c2=O)c1. The Hall–Kier alpha value is -3.41. The highest BCUT2D eigenvalue weighted by molar-refractivity contribution is 5.91. The van der Waals surface area contributed by atoms with Gasteiger partial charge in [-0.25, -0.2) is 4.68 Å². The number of carbonyl (C=O) groups is 1. The summed E-state index contributed by atoms with van der Waals surface area (Å²) in [6.07, 6.45) is 1.54. The molecule has 0 bridgehead atoms. The lowest BCUT2D eigenvalue weighted by molar-refractivity contribution is -0.117. The number of aromatic nitrogens is 3. The van der Waals surface area contributed by atoms with Crippen LogP contribution in [0.4, 0.5) is 5.69 Å². The monoisotopic (exact) mass is 388 g/mol. The van der Waals surface area contributed by atoms with Gasteiger partial charge >= 0.3 is 0 Å². The molecule has 0 aliphatic rings. The van der Waals surface area contributed by atoms with E-state index < -0.39 is 0 Å². The quantitative estimate of drug-likeness (QED) is 0.567. The fraction of sp³-hybridized carbons (Fsp3) is 0.261. The van der Waals surface area contributed by atoms with Gasteiger partial charge in [-0.05, 0) is 49.2 Å². The van der Waals surface area contributed by atoms with Gasteiger partial charge < -0.3 is 5.32 Å². The molecule has 6 heteroatoms. The van der Waals surface area contributed by atoms with E-state index in [1.807, 2.05) is 60.7 Å². The van der Waals surface area contributed by atoms with Gasteiger partial charge in [0.05, 0.1) is 5.52 Å². The molecule has 0 spiro atoms. The first kappa shape index (κ1) is 18.9. The Bertz CT molecular complexity index is 1280. The summed E-state index contributed by atoms with van der Waals surface area (Å²) in [7, 11) is 0. The van der Waals surface area contributed by atoms with Gasteiger partial charge in [0.1, 0.15) is 17.9 Å². The van der Waals surface area contributed by atoms with Crippen LogP contribution in [-0.2, 0) is 24.2 Å². The van der Waals surface area contributed by atoms with Gasteiger partial charge in [0.15, 0.2) is 0 Å². The summed E-state index contributed by atoms with van der Waals surface area (Å²) in [6, 6.07) is 15.7. The zero-order valence-corrected chi connectivity index (χ0v) is 16.9. The summed E-state index contributed by atoms with van der Waals surface area (Å²) in [5, 5.41) is 8.35. The summed E-state index contributed by atoms with van der Waals surface area (Å²) in [6.45, 7) is 5.96. The van der Waals surface area contributed by atoms with Crippen molar-refractivity contribution in [3.8, 4) is 0 Å². The van der Waals surface area contributed by atoms with Gasteiger partial charge in [0, 0.05) is 17.5 Å². The van der Waals surface area contributed by atoms with Crippen LogP contribution in [0.5, 0.6) is 0 Å². The van der Waals surface area contributed by atoms with E-state index in [4.69, 9.17) is 0 Å². The molecule has 0 aliphatic carbocycles. The molecule has 0 unspecified atom stereocenters. The molecule has 2 aromatic heterocycles. The molecule has 2 aromatic carbocycles. The third-order valence-corrected chi connectivity index (χ3v) is 5.13. The minimum atomic E-state index is -0.272. The average Bonchev–Trinajstić information content (AvgIpc) is 3.09. The predicted octanol–water partition coefficient (Wildman–Crippen LogP) is 3.72. The number of hydrogen-bond acceptors (Lipinski definition) is 3. The van der Waals surface area contributed by atoms with Crippen LogP contribution in [0.15, 0.2) is 53.3 Å². The Morgan fingerprint density at radius 2 is 1.86 bits per heavy atom. The molecule has 0 aliphatic heterocycles. The Balaban J connectivity index is 1.72. The lowest BCUT2D eigenvalue weighted by atomic mass is 10.1. The number of carbonyl (C=O) groups excluding carboxylic acids is 1. The molecule has 0 fully saturated rings. The van der Waals surface area contributed by atoms with Gasteiger partial charge in [-0.3, -0.25) is 14.0 Å². The lowest BCUT2D eigenvalue weighted by Gasteiger charge is -2.11. The highest BCUT2D eigenvalue weighted by atomic mass is 16.2. The van der Waals surface area contributed by atoms with Crippen LogP contribution in [0.3, 0.4) is 0 Å². The Labute approximate surface area is 168 Å². The van der Waals surface area contributed by atoms with Crippen molar-refractivity contribution in [1.29, 1.82) is 0 Å². The number of rotatable bonds is 5. The molecule has 4 aromatic rings. The summed E-state index contributed by atoms with van der Waals surface area (Å²) in [5.74, 6) is 0.477. The van der Waals surface area contributed by atoms with Crippen LogP contribution in [-0.4, -0.2) is 20.1 Å². The van der Waals surface area contributed by atoms with E-state index in [2.05, 4.69) is 23.4 Å². The maximum absolute atomic E-state index is 13.0. The topological polar surface area (TPSA) is 68.4 Å². The van der Waals surface area contributed by atoms with Crippen molar-refractivity contribution in [2.45, 2.75) is 40.2 Å². The smallest absolute Gasteiger partial charge is 0.291 e. The molecular formula is C23H24N4O2. The van der Waals surface area contributed by atoms with Gasteiger partial charge in [-0.15, -0.1) is 0 Å². The second-order valence-electron chi connectivity index (χ2n) is 7.26. The minimum Gasteiger partial charge on any atom is -0.324 e. The zero-order valence-electron chi connectivity index (χ0n) is 16.9. The van der Waals surface area contributed by atoms with Crippen molar-refractivity contribution in [2.24, 2.45) is 0 Å². The molecule has 0 atom stereocenters. The number of anilines is 1. The van der Waals surface area contributed by atoms with Crippen molar-refractivity contribution >= 4 is 28.0 Å². The molecule has 0 saturated carbocycles. The summed E-state index contributed by atoms with van der Waals surface area (Å²) in [5.41, 5.74) is 4.23. The van der Waals surface area contributed by atoms with Crippen LogP contribution in [0.2, 0.25) is 0 Å². The van der Waals surface area contributed by atoms with E-state index >= 15 is 0 Å². The van der Waals surface area contributed by atoms with Crippen LogP contribution >= 0.6 is 0 Å². The van der Waals surface area contributed by atoms with Gasteiger partial charge in [-0.1, -0.05) is 37.6 Å². The fourth-order valence-electron chi connectivity index (χ4n) is 3.67. The van der Waals surface area contributed by atoms with Gasteiger partial charge in [-0.2, -0.15) is 5.10 Å². The normalized spacial score (nSPS) is 11.3. The molecule has 1 amide bonds. The lowest BCUT2D eigenvalue weighted by Crippen LogP contribution is -2.32. The maximum Gasteiger partial charge on any atom is 0.291 e. The molecule has 6 nitrogen and oxygen atoms in total. The number of hydrogen-bond donors (Lipinski definition) is 1. The largest absolute Gasteiger partial charge is 0.324 e. The number of fused-ring (bicyclic) bond motifs is 3. The maximum atomic E-state index is 13.0. The molecule has 4 rings (SSSR count). The zero-order chi connectivity index (χ0) is 20.5. The van der Waals surface area contributed by atoms with Crippen molar-refractivity contribution in [3.63, 3.8) is 0 Å². The second kappa shape index (κ2) is 7.54. The van der Waals surface area contributed by atoms with Gasteiger partial charge in [0.25, 0.3) is 5.56 Å². The number of nitrogens with one attached hydrogen (secondary N) is 1.